The number of nitrogens with zero attached hydrogens (tertiary/aromatic N) is 2. The van der Waals surface area contributed by atoms with E-state index in [-0.39, 0.29) is 46.8 Å². The van der Waals surface area contributed by atoms with E-state index >= 15 is 0 Å². The molecule has 0 aliphatic carbocycles. The fraction of sp³-hybridized carbons (Fsp3) is 0.348. The quantitative estimate of drug-likeness (QED) is 0.511. The molecule has 0 unspecified atom stereocenters. The van der Waals surface area contributed by atoms with Crippen LogP contribution in [-0.2, 0) is 0 Å². The number of aromatic nitrogens is 1. The predicted molar refractivity (Wildman–Crippen MR) is 140 cm³/mol. The van der Waals surface area contributed by atoms with Crippen molar-refractivity contribution in [1.82, 2.24) is 9.88 Å². The van der Waals surface area contributed by atoms with E-state index in [1.807, 2.05) is 25.1 Å². The van der Waals surface area contributed by atoms with Gasteiger partial charge in [0.05, 0.1) is 6.61 Å². The van der Waals surface area contributed by atoms with Crippen LogP contribution in [0.15, 0.2) is 59.4 Å². The summed E-state index contributed by atoms with van der Waals surface area (Å²) in [4.78, 5) is 19.4. The van der Waals surface area contributed by atoms with Crippen LogP contribution in [0.5, 0.6) is 5.75 Å². The van der Waals surface area contributed by atoms with Crippen LogP contribution < -0.4 is 15.2 Å². The van der Waals surface area contributed by atoms with Crippen LogP contribution >= 0.6 is 24.8 Å². The monoisotopic (exact) mass is 503 g/mol. The molecular formula is C23H35Cl2N3O5. The lowest BCUT2D eigenvalue weighted by molar-refractivity contribution is 0.225. The van der Waals surface area contributed by atoms with Gasteiger partial charge in [-0.2, -0.15) is 0 Å². The van der Waals surface area contributed by atoms with E-state index in [2.05, 4.69) is 45.1 Å². The van der Waals surface area contributed by atoms with Crippen molar-refractivity contribution in [2.24, 2.45) is 0 Å². The van der Waals surface area contributed by atoms with Gasteiger partial charge in [0.1, 0.15) is 5.75 Å². The van der Waals surface area contributed by atoms with Gasteiger partial charge < -0.3 is 31.0 Å². The van der Waals surface area contributed by atoms with E-state index in [9.17, 15) is 4.79 Å². The van der Waals surface area contributed by atoms with E-state index in [0.717, 1.165) is 61.4 Å². The van der Waals surface area contributed by atoms with Crippen molar-refractivity contribution < 1.29 is 21.2 Å². The minimum Gasteiger partial charge on any atom is -0.494 e. The number of nitrogens with one attached hydrogen (secondary N) is 1. The van der Waals surface area contributed by atoms with E-state index in [1.54, 1.807) is 6.07 Å². The second-order valence-electron chi connectivity index (χ2n) is 7.39. The molecule has 186 valence electrons. The molecule has 7 N–H and O–H groups in total. The summed E-state index contributed by atoms with van der Waals surface area (Å²) >= 11 is 0. The van der Waals surface area contributed by atoms with E-state index in [1.165, 1.54) is 5.69 Å². The van der Waals surface area contributed by atoms with Gasteiger partial charge in [0.15, 0.2) is 0 Å². The number of fused-ring (bicyclic) bond motifs is 1. The third-order valence-corrected chi connectivity index (χ3v) is 5.40. The van der Waals surface area contributed by atoms with Crippen LogP contribution in [0.2, 0.25) is 0 Å². The van der Waals surface area contributed by atoms with E-state index in [0.29, 0.717) is 6.61 Å². The molecule has 1 fully saturated rings. The minimum absolute atomic E-state index is 0. The second-order valence-corrected chi connectivity index (χ2v) is 7.39. The summed E-state index contributed by atoms with van der Waals surface area (Å²) in [6, 6.07) is 18.1. The van der Waals surface area contributed by atoms with Gasteiger partial charge >= 0.3 is 0 Å². The highest BCUT2D eigenvalue weighted by molar-refractivity contribution is 5.85. The first-order valence-electron chi connectivity index (χ1n) is 9.98. The van der Waals surface area contributed by atoms with Gasteiger partial charge in [-0.05, 0) is 49.2 Å². The molecule has 1 aliphatic heterocycles. The molecule has 4 rings (SSSR count). The summed E-state index contributed by atoms with van der Waals surface area (Å²) in [7, 11) is 0. The molecule has 2 aromatic carbocycles. The Morgan fingerprint density at radius 3 is 2.24 bits per heavy atom. The summed E-state index contributed by atoms with van der Waals surface area (Å²) in [5.74, 6) is 0.858. The average molecular weight is 504 g/mol. The normalized spacial score (nSPS) is 12.8. The molecule has 33 heavy (non-hydrogen) atoms. The van der Waals surface area contributed by atoms with Crippen LogP contribution in [-0.4, -0.2) is 65.6 Å². The van der Waals surface area contributed by atoms with Gasteiger partial charge in [0, 0.05) is 55.4 Å². The Kier molecular flexibility index (Phi) is 15.4. The number of anilines is 1. The molecule has 10 heteroatoms. The van der Waals surface area contributed by atoms with Gasteiger partial charge in [-0.3, -0.25) is 9.69 Å². The number of benzene rings is 2. The molecule has 0 saturated carbocycles. The number of rotatable bonds is 6. The number of hydrogen-bond acceptors (Lipinski definition) is 4. The van der Waals surface area contributed by atoms with E-state index < -0.39 is 0 Å². The van der Waals surface area contributed by atoms with Gasteiger partial charge in [0.2, 0.25) is 5.56 Å². The fourth-order valence-corrected chi connectivity index (χ4v) is 3.84. The molecule has 0 atom stereocenters. The van der Waals surface area contributed by atoms with Crippen molar-refractivity contribution in [2.75, 3.05) is 44.2 Å². The SMILES string of the molecule is Cc1cc(=O)[nH]c2ccc(OCCCN3CCN(c4ccccc4)CC3)cc12.Cl.Cl.O.O.O. The molecule has 0 amide bonds. The smallest absolute Gasteiger partial charge is 0.248 e. The number of H-pyrrole nitrogens is 1. The number of para-hydroxylation sites is 1. The lowest BCUT2D eigenvalue weighted by atomic mass is 10.1. The third-order valence-electron chi connectivity index (χ3n) is 5.40. The number of pyridine rings is 1. The van der Waals surface area contributed by atoms with Crippen molar-refractivity contribution in [3.8, 4) is 5.75 Å². The Labute approximate surface area is 206 Å². The zero-order valence-electron chi connectivity index (χ0n) is 18.7. The van der Waals surface area contributed by atoms with Crippen LogP contribution in [0.1, 0.15) is 12.0 Å². The van der Waals surface area contributed by atoms with Gasteiger partial charge in [-0.25, -0.2) is 0 Å². The Balaban J connectivity index is 0. The topological polar surface area (TPSA) is 143 Å². The number of aromatic amines is 1. The molecule has 0 bridgehead atoms. The molecule has 0 radical (unpaired) electrons. The summed E-state index contributed by atoms with van der Waals surface area (Å²) in [6.45, 7) is 8.06. The summed E-state index contributed by atoms with van der Waals surface area (Å²) in [5.41, 5.74) is 3.08. The molecule has 3 aromatic rings. The zero-order chi connectivity index (χ0) is 19.3. The van der Waals surface area contributed by atoms with Crippen molar-refractivity contribution in [3.05, 3.63) is 70.5 Å². The molecule has 1 aliphatic rings. The highest BCUT2D eigenvalue weighted by Crippen LogP contribution is 2.21. The number of halogens is 2. The Morgan fingerprint density at radius 1 is 0.909 bits per heavy atom. The first-order chi connectivity index (χ1) is 13.7. The molecule has 1 aromatic heterocycles. The number of ether oxygens (including phenoxy) is 1. The van der Waals surface area contributed by atoms with Gasteiger partial charge in [0.25, 0.3) is 0 Å². The number of aryl methyl sites for hydroxylation is 1. The standard InChI is InChI=1S/C23H27N3O2.2ClH.3H2O/c1-18-16-23(27)24-22-9-8-20(17-21(18)22)28-15-5-10-25-11-13-26(14-12-25)19-6-3-2-4-7-19;;;;;/h2-4,6-9,16-17H,5,10-15H2,1H3,(H,24,27);2*1H;3*1H2. The van der Waals surface area contributed by atoms with Crippen molar-refractivity contribution >= 4 is 41.4 Å². The Hall–Kier alpha value is -2.33. The van der Waals surface area contributed by atoms with Crippen LogP contribution in [0.25, 0.3) is 10.9 Å². The highest BCUT2D eigenvalue weighted by atomic mass is 35.5. The van der Waals surface area contributed by atoms with Gasteiger partial charge in [-0.15, -0.1) is 24.8 Å². The summed E-state index contributed by atoms with van der Waals surface area (Å²) < 4.78 is 5.95. The number of hydrogen-bond donors (Lipinski definition) is 1. The van der Waals surface area contributed by atoms with Crippen LogP contribution in [0.4, 0.5) is 5.69 Å². The maximum atomic E-state index is 11.6. The highest BCUT2D eigenvalue weighted by Gasteiger charge is 2.16. The molecule has 8 nitrogen and oxygen atoms in total. The first kappa shape index (κ1) is 32.8. The molecular weight excluding hydrogens is 469 g/mol. The lowest BCUT2D eigenvalue weighted by Gasteiger charge is -2.36. The maximum absolute atomic E-state index is 11.6. The predicted octanol–water partition coefficient (Wildman–Crippen LogP) is 1.80. The maximum Gasteiger partial charge on any atom is 0.248 e. The largest absolute Gasteiger partial charge is 0.494 e. The Bertz CT molecular complexity index is 996. The van der Waals surface area contributed by atoms with Crippen LogP contribution in [0.3, 0.4) is 0 Å². The molecule has 1 saturated heterocycles. The molecule has 0 spiro atoms. The minimum atomic E-state index is -0.0639. The fourth-order valence-electron chi connectivity index (χ4n) is 3.84. The lowest BCUT2D eigenvalue weighted by Crippen LogP contribution is -2.46. The van der Waals surface area contributed by atoms with E-state index in [4.69, 9.17) is 4.74 Å². The average Bonchev–Trinajstić information content (AvgIpc) is 2.72. The molecule has 2 heterocycles. The summed E-state index contributed by atoms with van der Waals surface area (Å²) in [5, 5.41) is 1.04. The van der Waals surface area contributed by atoms with Crippen molar-refractivity contribution in [1.29, 1.82) is 0 Å². The second kappa shape index (κ2) is 15.5. The Morgan fingerprint density at radius 2 is 1.58 bits per heavy atom. The van der Waals surface area contributed by atoms with Crippen molar-refractivity contribution in [3.63, 3.8) is 0 Å². The number of piperazine rings is 1. The third kappa shape index (κ3) is 8.51. The van der Waals surface area contributed by atoms with Crippen LogP contribution in [0, 0.1) is 6.92 Å². The summed E-state index contributed by atoms with van der Waals surface area (Å²) in [6.07, 6.45) is 1.01. The zero-order valence-corrected chi connectivity index (χ0v) is 20.3. The first-order valence-corrected chi connectivity index (χ1v) is 9.98. The van der Waals surface area contributed by atoms with Gasteiger partial charge in [-0.1, -0.05) is 18.2 Å². The van der Waals surface area contributed by atoms with Crippen molar-refractivity contribution in [2.45, 2.75) is 13.3 Å².